The summed E-state index contributed by atoms with van der Waals surface area (Å²) in [7, 11) is -2.16. The fraction of sp³-hybridized carbons (Fsp3) is 0.692. The van der Waals surface area contributed by atoms with Crippen LogP contribution in [0.25, 0.3) is 0 Å². The van der Waals surface area contributed by atoms with Gasteiger partial charge < -0.3 is 9.67 Å². The smallest absolute Gasteiger partial charge is 0.322 e. The molecule has 118 valence electrons. The number of carboxylic acids is 1. The lowest BCUT2D eigenvalue weighted by molar-refractivity contribution is -0.143. The average molecular weight is 315 g/mol. The molecule has 1 aromatic heterocycles. The van der Waals surface area contributed by atoms with Gasteiger partial charge in [0.25, 0.3) is 10.0 Å². The molecule has 1 aliphatic heterocycles. The maximum absolute atomic E-state index is 12.6. The van der Waals surface area contributed by atoms with E-state index in [1.54, 1.807) is 18.5 Å². The first-order valence-electron chi connectivity index (χ1n) is 7.02. The van der Waals surface area contributed by atoms with Crippen LogP contribution < -0.4 is 0 Å². The molecule has 2 heterocycles. The van der Waals surface area contributed by atoms with Gasteiger partial charge in [0.2, 0.25) is 0 Å². The van der Waals surface area contributed by atoms with Gasteiger partial charge in [0.1, 0.15) is 11.9 Å². The molecule has 2 atom stereocenters. The Balaban J connectivity index is 2.35. The Kier molecular flexibility index (Phi) is 4.38. The van der Waals surface area contributed by atoms with Gasteiger partial charge in [0.15, 0.2) is 5.03 Å². The number of carboxylic acid groups (broad SMARTS) is 1. The SMILES string of the molecule is CCC1CCN(S(=O)(=O)c2cn(C)c(C)n2)C(C(=O)O)C1. The number of aryl methyl sites for hydroxylation is 2. The minimum atomic E-state index is -3.87. The van der Waals surface area contributed by atoms with E-state index in [0.717, 1.165) is 10.7 Å². The van der Waals surface area contributed by atoms with Crippen molar-refractivity contribution in [1.82, 2.24) is 13.9 Å². The van der Waals surface area contributed by atoms with Crippen molar-refractivity contribution in [3.05, 3.63) is 12.0 Å². The Morgan fingerprint density at radius 2 is 2.19 bits per heavy atom. The first-order valence-corrected chi connectivity index (χ1v) is 8.46. The number of rotatable bonds is 4. The maximum Gasteiger partial charge on any atom is 0.322 e. The summed E-state index contributed by atoms with van der Waals surface area (Å²) in [5.41, 5.74) is 0. The van der Waals surface area contributed by atoms with Crippen molar-refractivity contribution in [3.8, 4) is 0 Å². The maximum atomic E-state index is 12.6. The van der Waals surface area contributed by atoms with E-state index in [9.17, 15) is 18.3 Å². The number of aromatic nitrogens is 2. The normalized spacial score (nSPS) is 24.1. The van der Waals surface area contributed by atoms with Gasteiger partial charge in [-0.1, -0.05) is 13.3 Å². The van der Waals surface area contributed by atoms with E-state index >= 15 is 0 Å². The monoisotopic (exact) mass is 315 g/mol. The highest BCUT2D eigenvalue weighted by molar-refractivity contribution is 7.89. The van der Waals surface area contributed by atoms with Gasteiger partial charge in [0.05, 0.1) is 0 Å². The Hall–Kier alpha value is -1.41. The average Bonchev–Trinajstić information content (AvgIpc) is 2.78. The molecule has 0 radical (unpaired) electrons. The zero-order valence-corrected chi connectivity index (χ0v) is 13.3. The predicted octanol–water partition coefficient (Wildman–Crippen LogP) is 0.992. The first kappa shape index (κ1) is 16.0. The Morgan fingerprint density at radius 3 is 2.67 bits per heavy atom. The van der Waals surface area contributed by atoms with Crippen molar-refractivity contribution in [2.45, 2.75) is 44.2 Å². The molecule has 8 heteroatoms. The van der Waals surface area contributed by atoms with Crippen molar-refractivity contribution < 1.29 is 18.3 Å². The number of hydrogen-bond donors (Lipinski definition) is 1. The van der Waals surface area contributed by atoms with Crippen molar-refractivity contribution in [3.63, 3.8) is 0 Å². The largest absolute Gasteiger partial charge is 0.480 e. The standard InChI is InChI=1S/C13H21N3O4S/c1-4-10-5-6-16(11(7-10)13(17)18)21(19,20)12-8-15(3)9(2)14-12/h8,10-11H,4-7H2,1-3H3,(H,17,18). The summed E-state index contributed by atoms with van der Waals surface area (Å²) in [6.45, 7) is 3.93. The molecular weight excluding hydrogens is 294 g/mol. The fourth-order valence-electron chi connectivity index (χ4n) is 2.67. The number of nitrogens with zero attached hydrogens (tertiary/aromatic N) is 3. The third-order valence-corrected chi connectivity index (χ3v) is 5.96. The van der Waals surface area contributed by atoms with Gasteiger partial charge in [-0.05, 0) is 25.7 Å². The summed E-state index contributed by atoms with van der Waals surface area (Å²) in [4.78, 5) is 15.5. The van der Waals surface area contributed by atoms with Crippen molar-refractivity contribution in [2.75, 3.05) is 6.54 Å². The van der Waals surface area contributed by atoms with Crippen molar-refractivity contribution in [2.24, 2.45) is 13.0 Å². The van der Waals surface area contributed by atoms with E-state index in [1.807, 2.05) is 6.92 Å². The third kappa shape index (κ3) is 2.96. The molecule has 0 saturated carbocycles. The first-order chi connectivity index (χ1) is 9.77. The van der Waals surface area contributed by atoms with Gasteiger partial charge in [-0.3, -0.25) is 4.79 Å². The van der Waals surface area contributed by atoms with Crippen LogP contribution in [0, 0.1) is 12.8 Å². The Bertz CT molecular complexity index is 618. The molecule has 0 amide bonds. The molecule has 21 heavy (non-hydrogen) atoms. The zero-order valence-electron chi connectivity index (χ0n) is 12.5. The quantitative estimate of drug-likeness (QED) is 0.894. The van der Waals surface area contributed by atoms with E-state index in [1.165, 1.54) is 6.20 Å². The van der Waals surface area contributed by atoms with E-state index in [0.29, 0.717) is 18.7 Å². The zero-order chi connectivity index (χ0) is 15.8. The minimum Gasteiger partial charge on any atom is -0.480 e. The van der Waals surface area contributed by atoms with E-state index in [2.05, 4.69) is 4.98 Å². The summed E-state index contributed by atoms with van der Waals surface area (Å²) < 4.78 is 28.0. The van der Waals surface area contributed by atoms with Crippen LogP contribution in [0.5, 0.6) is 0 Å². The van der Waals surface area contributed by atoms with E-state index in [-0.39, 0.29) is 17.5 Å². The van der Waals surface area contributed by atoms with Crippen LogP contribution in [0.3, 0.4) is 0 Å². The van der Waals surface area contributed by atoms with Gasteiger partial charge in [-0.25, -0.2) is 13.4 Å². The number of piperidine rings is 1. The number of imidazole rings is 1. The minimum absolute atomic E-state index is 0.0799. The lowest BCUT2D eigenvalue weighted by Crippen LogP contribution is -2.50. The van der Waals surface area contributed by atoms with Crippen LogP contribution in [0.2, 0.25) is 0 Å². The van der Waals surface area contributed by atoms with Crippen LogP contribution in [-0.2, 0) is 21.9 Å². The third-order valence-electron chi connectivity index (χ3n) is 4.18. The van der Waals surface area contributed by atoms with Crippen LogP contribution in [0.15, 0.2) is 11.2 Å². The molecule has 1 N–H and O–H groups in total. The second-order valence-electron chi connectivity index (χ2n) is 5.51. The number of aliphatic carboxylic acids is 1. The van der Waals surface area contributed by atoms with E-state index < -0.39 is 22.0 Å². The summed E-state index contributed by atoms with van der Waals surface area (Å²) in [5.74, 6) is -0.267. The molecule has 0 spiro atoms. The van der Waals surface area contributed by atoms with Crippen molar-refractivity contribution >= 4 is 16.0 Å². The molecule has 0 aromatic carbocycles. The summed E-state index contributed by atoms with van der Waals surface area (Å²) >= 11 is 0. The molecule has 7 nitrogen and oxygen atoms in total. The summed E-state index contributed by atoms with van der Waals surface area (Å²) in [6.07, 6.45) is 3.33. The summed E-state index contributed by atoms with van der Waals surface area (Å²) in [5, 5.41) is 9.28. The second-order valence-corrected chi connectivity index (χ2v) is 7.34. The summed E-state index contributed by atoms with van der Waals surface area (Å²) in [6, 6.07) is -1.00. The Morgan fingerprint density at radius 1 is 1.52 bits per heavy atom. The second kappa shape index (κ2) is 5.76. The fourth-order valence-corrected chi connectivity index (χ4v) is 4.31. The van der Waals surface area contributed by atoms with Crippen LogP contribution in [0.4, 0.5) is 0 Å². The van der Waals surface area contributed by atoms with Gasteiger partial charge >= 0.3 is 5.97 Å². The van der Waals surface area contributed by atoms with Crippen molar-refractivity contribution in [1.29, 1.82) is 0 Å². The molecule has 2 unspecified atom stereocenters. The number of hydrogen-bond acceptors (Lipinski definition) is 4. The Labute approximate surface area is 124 Å². The molecule has 0 bridgehead atoms. The van der Waals surface area contributed by atoms with E-state index in [4.69, 9.17) is 0 Å². The molecule has 1 aromatic rings. The lowest BCUT2D eigenvalue weighted by Gasteiger charge is -2.35. The highest BCUT2D eigenvalue weighted by Crippen LogP contribution is 2.30. The van der Waals surface area contributed by atoms with Crippen LogP contribution in [-0.4, -0.2) is 45.9 Å². The van der Waals surface area contributed by atoms with Gasteiger partial charge in [-0.2, -0.15) is 4.31 Å². The van der Waals surface area contributed by atoms with Gasteiger partial charge in [0, 0.05) is 19.8 Å². The van der Waals surface area contributed by atoms with Crippen LogP contribution >= 0.6 is 0 Å². The van der Waals surface area contributed by atoms with Crippen LogP contribution in [0.1, 0.15) is 32.0 Å². The molecule has 1 fully saturated rings. The van der Waals surface area contributed by atoms with Gasteiger partial charge in [-0.15, -0.1) is 0 Å². The molecular formula is C13H21N3O4S. The lowest BCUT2D eigenvalue weighted by atomic mass is 9.90. The molecule has 0 aliphatic carbocycles. The highest BCUT2D eigenvalue weighted by atomic mass is 32.2. The molecule has 2 rings (SSSR count). The molecule has 1 saturated heterocycles. The highest BCUT2D eigenvalue weighted by Gasteiger charge is 2.41. The number of sulfonamides is 1. The predicted molar refractivity (Wildman–Crippen MR) is 76.3 cm³/mol. The number of carbonyl (C=O) groups is 1. The molecule has 1 aliphatic rings. The topological polar surface area (TPSA) is 92.5 Å².